The summed E-state index contributed by atoms with van der Waals surface area (Å²) in [7, 11) is 1.25. The average Bonchev–Trinajstić information content (AvgIpc) is 2.27. The third kappa shape index (κ3) is 3.39. The molecule has 0 aliphatic rings. The van der Waals surface area contributed by atoms with Crippen LogP contribution in [0.4, 0.5) is 4.39 Å². The zero-order chi connectivity index (χ0) is 13.0. The van der Waals surface area contributed by atoms with Gasteiger partial charge in [0.1, 0.15) is 16.6 Å². The number of benzene rings is 1. The Morgan fingerprint density at radius 2 is 2.18 bits per heavy atom. The number of thiocarbonyl (C=S) groups is 1. The molecule has 0 amide bonds. The number of hydrogen-bond acceptors (Lipinski definition) is 4. The Labute approximate surface area is 104 Å². The lowest BCUT2D eigenvalue weighted by atomic mass is 10.2. The maximum Gasteiger partial charge on any atom is 0.346 e. The van der Waals surface area contributed by atoms with Gasteiger partial charge in [-0.15, -0.1) is 0 Å². The van der Waals surface area contributed by atoms with Gasteiger partial charge in [0.25, 0.3) is 0 Å². The molecule has 6 heteroatoms. The van der Waals surface area contributed by atoms with Gasteiger partial charge in [-0.25, -0.2) is 9.18 Å². The van der Waals surface area contributed by atoms with Crippen LogP contribution in [0.3, 0.4) is 0 Å². The summed E-state index contributed by atoms with van der Waals surface area (Å²) in [5, 5.41) is 0. The van der Waals surface area contributed by atoms with Crippen LogP contribution < -0.4 is 10.5 Å². The molecule has 1 unspecified atom stereocenters. The maximum atomic E-state index is 13.5. The van der Waals surface area contributed by atoms with Gasteiger partial charge in [-0.2, -0.15) is 0 Å². The van der Waals surface area contributed by atoms with Crippen LogP contribution >= 0.6 is 12.2 Å². The number of esters is 1. The van der Waals surface area contributed by atoms with E-state index >= 15 is 0 Å². The molecule has 1 aromatic carbocycles. The van der Waals surface area contributed by atoms with Gasteiger partial charge in [0.05, 0.1) is 7.11 Å². The number of methoxy groups -OCH3 is 1. The minimum absolute atomic E-state index is 0.0323. The van der Waals surface area contributed by atoms with Crippen molar-refractivity contribution in [2.24, 2.45) is 5.73 Å². The fraction of sp³-hybridized carbons (Fsp3) is 0.273. The Morgan fingerprint density at radius 1 is 1.53 bits per heavy atom. The van der Waals surface area contributed by atoms with Crippen molar-refractivity contribution in [2.75, 3.05) is 7.11 Å². The van der Waals surface area contributed by atoms with E-state index in [1.807, 2.05) is 0 Å². The van der Waals surface area contributed by atoms with Crippen molar-refractivity contribution in [3.8, 4) is 5.75 Å². The van der Waals surface area contributed by atoms with E-state index in [0.717, 1.165) is 6.07 Å². The molecule has 0 fully saturated rings. The molecule has 0 radical (unpaired) electrons. The van der Waals surface area contributed by atoms with Crippen LogP contribution in [0.5, 0.6) is 5.75 Å². The second-order valence-electron chi connectivity index (χ2n) is 3.29. The van der Waals surface area contributed by atoms with Gasteiger partial charge in [0.2, 0.25) is 0 Å². The van der Waals surface area contributed by atoms with Crippen molar-refractivity contribution in [2.45, 2.75) is 13.0 Å². The van der Waals surface area contributed by atoms with Crippen LogP contribution in [0.25, 0.3) is 0 Å². The molecule has 0 bridgehead atoms. The molecule has 2 N–H and O–H groups in total. The molecule has 0 heterocycles. The standard InChI is InChI=1S/C11H12FNO3S/c1-6(11(14)15-2)16-7-3-4-8(10(13)17)9(12)5-7/h3-6H,1-2H3,(H2,13,17). The Bertz CT molecular complexity index is 450. The highest BCUT2D eigenvalue weighted by molar-refractivity contribution is 7.80. The topological polar surface area (TPSA) is 61.5 Å². The summed E-state index contributed by atoms with van der Waals surface area (Å²) >= 11 is 4.66. The van der Waals surface area contributed by atoms with Gasteiger partial charge in [0.15, 0.2) is 6.10 Å². The predicted octanol–water partition coefficient (Wildman–Crippen LogP) is 1.40. The van der Waals surface area contributed by atoms with Gasteiger partial charge in [-0.3, -0.25) is 0 Å². The van der Waals surface area contributed by atoms with Crippen molar-refractivity contribution < 1.29 is 18.7 Å². The van der Waals surface area contributed by atoms with Gasteiger partial charge >= 0.3 is 5.97 Å². The summed E-state index contributed by atoms with van der Waals surface area (Å²) in [5.41, 5.74) is 5.45. The molecule has 0 saturated heterocycles. The van der Waals surface area contributed by atoms with E-state index in [1.165, 1.54) is 26.2 Å². The Morgan fingerprint density at radius 3 is 2.65 bits per heavy atom. The summed E-state index contributed by atoms with van der Waals surface area (Å²) in [6.45, 7) is 1.51. The Balaban J connectivity index is 2.84. The number of nitrogens with two attached hydrogens (primary N) is 1. The average molecular weight is 257 g/mol. The molecular formula is C11H12FNO3S. The first-order chi connectivity index (χ1) is 7.95. The van der Waals surface area contributed by atoms with Crippen LogP contribution in [0.1, 0.15) is 12.5 Å². The highest BCUT2D eigenvalue weighted by atomic mass is 32.1. The molecule has 0 aromatic heterocycles. The van der Waals surface area contributed by atoms with Gasteiger partial charge in [-0.1, -0.05) is 12.2 Å². The fourth-order valence-corrected chi connectivity index (χ4v) is 1.35. The third-order valence-corrected chi connectivity index (χ3v) is 2.27. The quantitative estimate of drug-likeness (QED) is 0.652. The van der Waals surface area contributed by atoms with Crippen LogP contribution in [0.2, 0.25) is 0 Å². The SMILES string of the molecule is COC(=O)C(C)Oc1ccc(C(N)=S)c(F)c1. The number of hydrogen-bond donors (Lipinski definition) is 1. The van der Waals surface area contributed by atoms with Gasteiger partial charge in [0, 0.05) is 11.6 Å². The van der Waals surface area contributed by atoms with Crippen molar-refractivity contribution in [3.63, 3.8) is 0 Å². The molecule has 4 nitrogen and oxygen atoms in total. The van der Waals surface area contributed by atoms with E-state index in [2.05, 4.69) is 17.0 Å². The second-order valence-corrected chi connectivity index (χ2v) is 3.73. The minimum Gasteiger partial charge on any atom is -0.479 e. The minimum atomic E-state index is -0.810. The van der Waals surface area contributed by atoms with Crippen LogP contribution in [0.15, 0.2) is 18.2 Å². The molecule has 1 atom stereocenters. The summed E-state index contributed by atoms with van der Waals surface area (Å²) in [5.74, 6) is -0.920. The van der Waals surface area contributed by atoms with Crippen molar-refractivity contribution >= 4 is 23.2 Å². The number of ether oxygens (including phenoxy) is 2. The van der Waals surface area contributed by atoms with E-state index < -0.39 is 17.9 Å². The van der Waals surface area contributed by atoms with Crippen LogP contribution in [0, 0.1) is 5.82 Å². The molecule has 92 valence electrons. The lowest BCUT2D eigenvalue weighted by Crippen LogP contribution is -2.25. The van der Waals surface area contributed by atoms with Crippen LogP contribution in [-0.4, -0.2) is 24.2 Å². The fourth-order valence-electron chi connectivity index (χ4n) is 1.19. The van der Waals surface area contributed by atoms with Crippen molar-refractivity contribution in [1.82, 2.24) is 0 Å². The van der Waals surface area contributed by atoms with Gasteiger partial charge in [-0.05, 0) is 19.1 Å². The zero-order valence-corrected chi connectivity index (χ0v) is 10.2. The number of carbonyl (C=O) groups excluding carboxylic acids is 1. The van der Waals surface area contributed by atoms with E-state index in [0.29, 0.717) is 0 Å². The molecule has 0 aliphatic heterocycles. The summed E-state index contributed by atoms with van der Waals surface area (Å²) < 4.78 is 23.1. The molecule has 0 aliphatic carbocycles. The molecule has 0 saturated carbocycles. The molecule has 17 heavy (non-hydrogen) atoms. The van der Waals surface area contributed by atoms with Crippen molar-refractivity contribution in [3.05, 3.63) is 29.6 Å². The van der Waals surface area contributed by atoms with E-state index in [4.69, 9.17) is 10.5 Å². The first-order valence-electron chi connectivity index (χ1n) is 4.79. The Kier molecular flexibility index (Phi) is 4.39. The first kappa shape index (κ1) is 13.4. The molecule has 1 aromatic rings. The predicted molar refractivity (Wildman–Crippen MR) is 64.4 cm³/mol. The maximum absolute atomic E-state index is 13.5. The lowest BCUT2D eigenvalue weighted by Gasteiger charge is -2.12. The second kappa shape index (κ2) is 5.58. The highest BCUT2D eigenvalue weighted by Crippen LogP contribution is 2.18. The van der Waals surface area contributed by atoms with Crippen molar-refractivity contribution in [1.29, 1.82) is 0 Å². The van der Waals surface area contributed by atoms with E-state index in [9.17, 15) is 9.18 Å². The van der Waals surface area contributed by atoms with Gasteiger partial charge < -0.3 is 15.2 Å². The largest absolute Gasteiger partial charge is 0.479 e. The highest BCUT2D eigenvalue weighted by Gasteiger charge is 2.15. The summed E-state index contributed by atoms with van der Waals surface area (Å²) in [6, 6.07) is 4.00. The molecule has 0 spiro atoms. The van der Waals surface area contributed by atoms with E-state index in [1.54, 1.807) is 0 Å². The number of carbonyl (C=O) groups is 1. The molecule has 1 rings (SSSR count). The molecular weight excluding hydrogens is 245 g/mol. The summed E-state index contributed by atoms with van der Waals surface area (Å²) in [4.78, 5) is 11.1. The third-order valence-electron chi connectivity index (χ3n) is 2.05. The first-order valence-corrected chi connectivity index (χ1v) is 5.20. The van der Waals surface area contributed by atoms with E-state index in [-0.39, 0.29) is 16.3 Å². The van der Waals surface area contributed by atoms with Crippen LogP contribution in [-0.2, 0) is 9.53 Å². The normalized spacial score (nSPS) is 11.7. The number of halogens is 1. The zero-order valence-electron chi connectivity index (χ0n) is 9.40. The monoisotopic (exact) mass is 257 g/mol. The smallest absolute Gasteiger partial charge is 0.346 e. The lowest BCUT2D eigenvalue weighted by molar-refractivity contribution is -0.147. The number of rotatable bonds is 4. The Hall–Kier alpha value is -1.69. The summed E-state index contributed by atoms with van der Waals surface area (Å²) in [6.07, 6.45) is -0.810.